The maximum atomic E-state index is 14.1. The highest BCUT2D eigenvalue weighted by Crippen LogP contribution is 2.20. The van der Waals surface area contributed by atoms with E-state index in [9.17, 15) is 18.0 Å². The van der Waals surface area contributed by atoms with E-state index in [1.807, 2.05) is 13.8 Å². The van der Waals surface area contributed by atoms with Gasteiger partial charge in [-0.3, -0.25) is 0 Å². The van der Waals surface area contributed by atoms with E-state index in [2.05, 4.69) is 10.5 Å². The Hall–Kier alpha value is -3.03. The first kappa shape index (κ1) is 20.7. The molecular weight excluding hydrogens is 383 g/mol. The minimum Gasteiger partial charge on any atom is -0.390 e. The molecule has 0 bridgehead atoms. The lowest BCUT2D eigenvalue weighted by molar-refractivity contribution is 0.0584. The Morgan fingerprint density at radius 1 is 1.17 bits per heavy atom. The van der Waals surface area contributed by atoms with Gasteiger partial charge in [-0.05, 0) is 37.6 Å². The van der Waals surface area contributed by atoms with E-state index in [1.54, 1.807) is 12.1 Å². The summed E-state index contributed by atoms with van der Waals surface area (Å²) >= 11 is 0. The number of rotatable bonds is 6. The van der Waals surface area contributed by atoms with E-state index in [0.29, 0.717) is 12.1 Å². The molecule has 3 rings (SSSR count). The molecule has 2 amide bonds. The van der Waals surface area contributed by atoms with Crippen molar-refractivity contribution in [1.29, 1.82) is 0 Å². The first-order valence-corrected chi connectivity index (χ1v) is 9.30. The van der Waals surface area contributed by atoms with Crippen LogP contribution in [0.3, 0.4) is 0 Å². The molecule has 2 aromatic carbocycles. The lowest BCUT2D eigenvalue weighted by Gasteiger charge is -2.26. The number of urea groups is 1. The average molecular weight is 405 g/mol. The van der Waals surface area contributed by atoms with Gasteiger partial charge in [-0.25, -0.2) is 18.0 Å². The van der Waals surface area contributed by atoms with Crippen molar-refractivity contribution in [2.45, 2.75) is 39.0 Å². The predicted octanol–water partition coefficient (Wildman–Crippen LogP) is 4.22. The third-order valence-electron chi connectivity index (χ3n) is 4.41. The van der Waals surface area contributed by atoms with Gasteiger partial charge in [0.25, 0.3) is 0 Å². The fourth-order valence-corrected chi connectivity index (χ4v) is 3.00. The summed E-state index contributed by atoms with van der Waals surface area (Å²) in [5, 5.41) is 6.81. The number of amides is 2. The molecule has 0 aromatic heterocycles. The van der Waals surface area contributed by atoms with Crippen molar-refractivity contribution >= 4 is 11.7 Å². The van der Waals surface area contributed by atoms with E-state index in [0.717, 1.165) is 17.7 Å². The Labute approximate surface area is 167 Å². The second kappa shape index (κ2) is 8.98. The quantitative estimate of drug-likeness (QED) is 0.783. The van der Waals surface area contributed by atoms with Gasteiger partial charge in [-0.15, -0.1) is 0 Å². The Balaban J connectivity index is 1.70. The second-order valence-electron chi connectivity index (χ2n) is 7.20. The molecule has 1 atom stereocenters. The lowest BCUT2D eigenvalue weighted by Crippen LogP contribution is -2.45. The summed E-state index contributed by atoms with van der Waals surface area (Å²) in [6.07, 6.45) is -0.0142. The Bertz CT molecular complexity index is 901. The van der Waals surface area contributed by atoms with E-state index < -0.39 is 17.7 Å². The Morgan fingerprint density at radius 2 is 1.86 bits per heavy atom. The van der Waals surface area contributed by atoms with Crippen molar-refractivity contribution in [2.24, 2.45) is 5.16 Å². The molecule has 0 radical (unpaired) electrons. The zero-order valence-electron chi connectivity index (χ0n) is 16.2. The van der Waals surface area contributed by atoms with Crippen LogP contribution in [0.2, 0.25) is 0 Å². The van der Waals surface area contributed by atoms with E-state index >= 15 is 0 Å². The number of nitrogens with zero attached hydrogens (tertiary/aromatic N) is 2. The molecule has 0 spiro atoms. The van der Waals surface area contributed by atoms with Crippen molar-refractivity contribution in [3.05, 3.63) is 71.0 Å². The van der Waals surface area contributed by atoms with Crippen LogP contribution in [0.5, 0.6) is 0 Å². The van der Waals surface area contributed by atoms with Crippen LogP contribution in [0.15, 0.2) is 47.6 Å². The number of oxime groups is 1. The molecule has 0 saturated heterocycles. The first-order valence-electron chi connectivity index (χ1n) is 9.30. The molecule has 154 valence electrons. The van der Waals surface area contributed by atoms with Gasteiger partial charge in [0.1, 0.15) is 17.5 Å². The van der Waals surface area contributed by atoms with Crippen molar-refractivity contribution in [2.75, 3.05) is 6.54 Å². The van der Waals surface area contributed by atoms with Crippen molar-refractivity contribution in [3.63, 3.8) is 0 Å². The molecule has 1 N–H and O–H groups in total. The second-order valence-corrected chi connectivity index (χ2v) is 7.20. The fourth-order valence-electron chi connectivity index (χ4n) is 3.00. The topological polar surface area (TPSA) is 53.9 Å². The van der Waals surface area contributed by atoms with Gasteiger partial charge in [-0.1, -0.05) is 23.4 Å². The smallest absolute Gasteiger partial charge is 0.318 e. The van der Waals surface area contributed by atoms with Crippen LogP contribution in [0.1, 0.15) is 31.4 Å². The van der Waals surface area contributed by atoms with E-state index in [4.69, 9.17) is 4.84 Å². The van der Waals surface area contributed by atoms with Crippen LogP contribution in [0.4, 0.5) is 18.0 Å². The van der Waals surface area contributed by atoms with Gasteiger partial charge >= 0.3 is 6.03 Å². The number of carbonyl (C=O) groups excluding carboxylic acids is 1. The molecule has 0 fully saturated rings. The van der Waals surface area contributed by atoms with E-state index in [1.165, 1.54) is 23.1 Å². The van der Waals surface area contributed by atoms with Gasteiger partial charge in [0, 0.05) is 24.1 Å². The van der Waals surface area contributed by atoms with Gasteiger partial charge in [-0.2, -0.15) is 0 Å². The lowest BCUT2D eigenvalue weighted by atomic mass is 10.0. The highest BCUT2D eigenvalue weighted by Gasteiger charge is 2.27. The summed E-state index contributed by atoms with van der Waals surface area (Å²) in [7, 11) is 0. The fraction of sp³-hybridized carbons (Fsp3) is 0.333. The molecule has 0 aliphatic carbocycles. The monoisotopic (exact) mass is 405 g/mol. The van der Waals surface area contributed by atoms with Crippen LogP contribution in [-0.2, 0) is 11.4 Å². The molecule has 1 aliphatic heterocycles. The first-order chi connectivity index (χ1) is 13.8. The van der Waals surface area contributed by atoms with Crippen LogP contribution in [-0.4, -0.2) is 35.3 Å². The third-order valence-corrected chi connectivity index (χ3v) is 4.41. The zero-order chi connectivity index (χ0) is 21.0. The van der Waals surface area contributed by atoms with Crippen LogP contribution < -0.4 is 5.32 Å². The summed E-state index contributed by atoms with van der Waals surface area (Å²) in [5.74, 6) is -1.74. The summed E-state index contributed by atoms with van der Waals surface area (Å²) < 4.78 is 40.4. The number of carbonyl (C=O) groups is 1. The average Bonchev–Trinajstić information content (AvgIpc) is 3.12. The number of hydrogen-bond acceptors (Lipinski definition) is 3. The largest absolute Gasteiger partial charge is 0.390 e. The van der Waals surface area contributed by atoms with Gasteiger partial charge in [0.05, 0.1) is 18.8 Å². The highest BCUT2D eigenvalue weighted by molar-refractivity contribution is 6.01. The SMILES string of the molecule is CC(C)NC(=O)N(Cc1ccc(F)cc1F)C[C@@H]1CC(c2ccc(F)cc2)=NO1. The van der Waals surface area contributed by atoms with Crippen LogP contribution >= 0.6 is 0 Å². The molecule has 1 heterocycles. The summed E-state index contributed by atoms with van der Waals surface area (Å²) in [5.41, 5.74) is 1.58. The number of nitrogens with one attached hydrogen (secondary N) is 1. The maximum Gasteiger partial charge on any atom is 0.318 e. The summed E-state index contributed by atoms with van der Waals surface area (Å²) in [6, 6.07) is 8.65. The molecular formula is C21H22F3N3O2. The molecule has 2 aromatic rings. The van der Waals surface area contributed by atoms with Crippen LogP contribution in [0.25, 0.3) is 0 Å². The summed E-state index contributed by atoms with van der Waals surface area (Å²) in [6.45, 7) is 3.74. The van der Waals surface area contributed by atoms with Gasteiger partial charge in [0.2, 0.25) is 0 Å². The maximum absolute atomic E-state index is 14.1. The third kappa shape index (κ3) is 5.49. The highest BCUT2D eigenvalue weighted by atomic mass is 19.1. The van der Waals surface area contributed by atoms with Gasteiger partial charge < -0.3 is 15.1 Å². The molecule has 29 heavy (non-hydrogen) atoms. The Morgan fingerprint density at radius 3 is 2.52 bits per heavy atom. The molecule has 0 unspecified atom stereocenters. The van der Waals surface area contributed by atoms with E-state index in [-0.39, 0.29) is 36.5 Å². The van der Waals surface area contributed by atoms with Crippen molar-refractivity contribution < 1.29 is 22.8 Å². The van der Waals surface area contributed by atoms with Crippen molar-refractivity contribution in [3.8, 4) is 0 Å². The zero-order valence-corrected chi connectivity index (χ0v) is 16.2. The normalized spacial score (nSPS) is 15.8. The number of halogens is 3. The molecule has 0 saturated carbocycles. The van der Waals surface area contributed by atoms with Gasteiger partial charge in [0.15, 0.2) is 6.10 Å². The summed E-state index contributed by atoms with van der Waals surface area (Å²) in [4.78, 5) is 19.4. The standard InChI is InChI=1S/C21H22F3N3O2/c1-13(2)25-21(28)27(11-15-5-8-17(23)9-19(15)24)12-18-10-20(26-29-18)14-3-6-16(22)7-4-14/h3-9,13,18H,10-12H2,1-2H3,(H,25,28)/t18-/m0/s1. The Kier molecular flexibility index (Phi) is 6.41. The predicted molar refractivity (Wildman–Crippen MR) is 103 cm³/mol. The molecule has 1 aliphatic rings. The number of benzene rings is 2. The minimum atomic E-state index is -0.720. The molecule has 8 heteroatoms. The van der Waals surface area contributed by atoms with Crippen molar-refractivity contribution in [1.82, 2.24) is 10.2 Å². The minimum absolute atomic E-state index is 0.0452. The van der Waals surface area contributed by atoms with Crippen LogP contribution in [0, 0.1) is 17.5 Å². The number of hydrogen-bond donors (Lipinski definition) is 1. The molecule has 5 nitrogen and oxygen atoms in total.